The molecule has 0 bridgehead atoms. The van der Waals surface area contributed by atoms with E-state index in [1.54, 1.807) is 17.0 Å². The van der Waals surface area contributed by atoms with Crippen LogP contribution in [0.5, 0.6) is 5.75 Å². The van der Waals surface area contributed by atoms with Gasteiger partial charge in [-0.05, 0) is 75.2 Å². The van der Waals surface area contributed by atoms with Gasteiger partial charge in [0.1, 0.15) is 5.75 Å². The van der Waals surface area contributed by atoms with Crippen molar-refractivity contribution in [3.8, 4) is 17.2 Å². The first-order valence-corrected chi connectivity index (χ1v) is 9.78. The van der Waals surface area contributed by atoms with E-state index in [1.807, 2.05) is 52.0 Å². The van der Waals surface area contributed by atoms with Gasteiger partial charge in [-0.3, -0.25) is 4.79 Å². The van der Waals surface area contributed by atoms with E-state index in [0.717, 1.165) is 16.7 Å². The van der Waals surface area contributed by atoms with Gasteiger partial charge in [-0.2, -0.15) is 0 Å². The number of amides is 1. The molecule has 152 valence electrons. The lowest BCUT2D eigenvalue weighted by atomic mass is 10.1. The highest BCUT2D eigenvalue weighted by Gasteiger charge is 2.21. The first-order chi connectivity index (χ1) is 13.8. The largest absolute Gasteiger partial charge is 0.484 e. The molecule has 1 amide bonds. The Morgan fingerprint density at radius 3 is 2.38 bits per heavy atom. The van der Waals surface area contributed by atoms with Gasteiger partial charge in [0.25, 0.3) is 5.91 Å². The highest BCUT2D eigenvalue weighted by Crippen LogP contribution is 2.21. The molecule has 7 heteroatoms. The lowest BCUT2D eigenvalue weighted by Gasteiger charge is -2.25. The van der Waals surface area contributed by atoms with Crippen molar-refractivity contribution in [2.24, 2.45) is 0 Å². The van der Waals surface area contributed by atoms with Crippen LogP contribution in [0.1, 0.15) is 30.9 Å². The quantitative estimate of drug-likeness (QED) is 0.555. The number of rotatable bonds is 7. The van der Waals surface area contributed by atoms with Gasteiger partial charge in [-0.1, -0.05) is 17.7 Å². The normalized spacial score (nSPS) is 11.0. The first kappa shape index (κ1) is 20.9. The summed E-state index contributed by atoms with van der Waals surface area (Å²) in [5, 5.41) is 8.78. The average Bonchev–Trinajstić information content (AvgIpc) is 3.12. The molecule has 6 nitrogen and oxygen atoms in total. The average molecular weight is 414 g/mol. The highest BCUT2D eigenvalue weighted by atomic mass is 35.5. The van der Waals surface area contributed by atoms with Gasteiger partial charge in [0.15, 0.2) is 6.61 Å². The fourth-order valence-electron chi connectivity index (χ4n) is 2.98. The molecule has 0 atom stereocenters. The Labute approximate surface area is 175 Å². The van der Waals surface area contributed by atoms with Crippen LogP contribution in [0, 0.1) is 13.8 Å². The summed E-state index contributed by atoms with van der Waals surface area (Å²) in [6.45, 7) is 8.02. The molecule has 0 radical (unpaired) electrons. The van der Waals surface area contributed by atoms with Crippen molar-refractivity contribution >= 4 is 17.5 Å². The number of aryl methyl sites for hydroxylation is 2. The fraction of sp³-hybridized carbons (Fsp3) is 0.318. The maximum absolute atomic E-state index is 12.7. The topological polar surface area (TPSA) is 68.5 Å². The Hall–Kier alpha value is -2.86. The summed E-state index contributed by atoms with van der Waals surface area (Å²) in [5.41, 5.74) is 2.95. The summed E-state index contributed by atoms with van der Waals surface area (Å²) in [6, 6.07) is 13.0. The molecule has 0 N–H and O–H groups in total. The Balaban J connectivity index is 1.66. The van der Waals surface area contributed by atoms with Crippen LogP contribution in [0.15, 0.2) is 46.9 Å². The molecule has 0 aliphatic carbocycles. The zero-order valence-corrected chi connectivity index (χ0v) is 17.7. The molecule has 0 spiro atoms. The van der Waals surface area contributed by atoms with Crippen molar-refractivity contribution in [1.29, 1.82) is 0 Å². The van der Waals surface area contributed by atoms with Crippen molar-refractivity contribution < 1.29 is 13.9 Å². The zero-order chi connectivity index (χ0) is 21.0. The second kappa shape index (κ2) is 9.09. The summed E-state index contributed by atoms with van der Waals surface area (Å²) in [6.07, 6.45) is 0. The summed E-state index contributed by atoms with van der Waals surface area (Å²) >= 11 is 5.91. The molecule has 0 aliphatic heterocycles. The van der Waals surface area contributed by atoms with Crippen LogP contribution >= 0.6 is 11.6 Å². The van der Waals surface area contributed by atoms with Crippen LogP contribution in [0.4, 0.5) is 0 Å². The third-order valence-electron chi connectivity index (χ3n) is 4.36. The van der Waals surface area contributed by atoms with Crippen LogP contribution in [-0.2, 0) is 11.3 Å². The molecule has 1 heterocycles. The maximum Gasteiger partial charge on any atom is 0.261 e. The van der Waals surface area contributed by atoms with Crippen molar-refractivity contribution in [2.75, 3.05) is 6.61 Å². The van der Waals surface area contributed by atoms with Gasteiger partial charge in [-0.15, -0.1) is 10.2 Å². The lowest BCUT2D eigenvalue weighted by molar-refractivity contribution is -0.136. The van der Waals surface area contributed by atoms with Gasteiger partial charge in [0.05, 0.1) is 6.54 Å². The van der Waals surface area contributed by atoms with Crippen LogP contribution in [0.2, 0.25) is 5.02 Å². The number of hydrogen-bond donors (Lipinski definition) is 0. The van der Waals surface area contributed by atoms with E-state index >= 15 is 0 Å². The Bertz CT molecular complexity index is 963. The summed E-state index contributed by atoms with van der Waals surface area (Å²) < 4.78 is 11.4. The third kappa shape index (κ3) is 5.57. The number of benzene rings is 2. The maximum atomic E-state index is 12.7. The van der Waals surface area contributed by atoms with Crippen LogP contribution in [0.3, 0.4) is 0 Å². The van der Waals surface area contributed by atoms with E-state index in [4.69, 9.17) is 20.8 Å². The molecule has 29 heavy (non-hydrogen) atoms. The van der Waals surface area contributed by atoms with Gasteiger partial charge < -0.3 is 14.1 Å². The van der Waals surface area contributed by atoms with E-state index < -0.39 is 0 Å². The standard InChI is InChI=1S/C22H24ClN3O3/c1-14(2)26(21(27)13-28-19-10-15(3)9-16(4)11-19)12-20-24-25-22(29-20)17-5-7-18(23)8-6-17/h5-11,14H,12-13H2,1-4H3. The molecule has 0 fully saturated rings. The summed E-state index contributed by atoms with van der Waals surface area (Å²) in [4.78, 5) is 14.4. The van der Waals surface area contributed by atoms with E-state index in [1.165, 1.54) is 0 Å². The molecule has 3 aromatic rings. The number of carbonyl (C=O) groups is 1. The van der Waals surface area contributed by atoms with Gasteiger partial charge in [-0.25, -0.2) is 0 Å². The van der Waals surface area contributed by atoms with Gasteiger partial charge in [0, 0.05) is 16.6 Å². The van der Waals surface area contributed by atoms with Crippen molar-refractivity contribution in [2.45, 2.75) is 40.3 Å². The molecule has 3 rings (SSSR count). The summed E-state index contributed by atoms with van der Waals surface area (Å²) in [7, 11) is 0. The van der Waals surface area contributed by atoms with Crippen molar-refractivity contribution in [1.82, 2.24) is 15.1 Å². The second-order valence-corrected chi connectivity index (χ2v) is 7.67. The number of aromatic nitrogens is 2. The summed E-state index contributed by atoms with van der Waals surface area (Å²) in [5.74, 6) is 1.29. The van der Waals surface area contributed by atoms with E-state index in [0.29, 0.717) is 22.6 Å². The number of ether oxygens (including phenoxy) is 1. The number of halogens is 1. The SMILES string of the molecule is Cc1cc(C)cc(OCC(=O)N(Cc2nnc(-c3ccc(Cl)cc3)o2)C(C)C)c1. The Kier molecular flexibility index (Phi) is 6.54. The number of carbonyl (C=O) groups excluding carboxylic acids is 1. The smallest absolute Gasteiger partial charge is 0.261 e. The van der Waals surface area contributed by atoms with Crippen molar-refractivity contribution in [3.63, 3.8) is 0 Å². The molecule has 1 aromatic heterocycles. The molecule has 0 saturated heterocycles. The molecule has 0 aliphatic rings. The Morgan fingerprint density at radius 1 is 1.10 bits per heavy atom. The van der Waals surface area contributed by atoms with E-state index in [2.05, 4.69) is 16.3 Å². The van der Waals surface area contributed by atoms with Gasteiger partial charge >= 0.3 is 0 Å². The van der Waals surface area contributed by atoms with E-state index in [9.17, 15) is 4.79 Å². The minimum Gasteiger partial charge on any atom is -0.484 e. The molecule has 2 aromatic carbocycles. The van der Waals surface area contributed by atoms with Crippen LogP contribution < -0.4 is 4.74 Å². The second-order valence-electron chi connectivity index (χ2n) is 7.24. The monoisotopic (exact) mass is 413 g/mol. The molecule has 0 unspecified atom stereocenters. The first-order valence-electron chi connectivity index (χ1n) is 9.40. The molecular formula is C22H24ClN3O3. The lowest BCUT2D eigenvalue weighted by Crippen LogP contribution is -2.39. The minimum atomic E-state index is -0.148. The zero-order valence-electron chi connectivity index (χ0n) is 17.0. The van der Waals surface area contributed by atoms with E-state index in [-0.39, 0.29) is 25.1 Å². The predicted octanol–water partition coefficient (Wildman–Crippen LogP) is 4.82. The fourth-order valence-corrected chi connectivity index (χ4v) is 3.10. The highest BCUT2D eigenvalue weighted by molar-refractivity contribution is 6.30. The molecular weight excluding hydrogens is 390 g/mol. The minimum absolute atomic E-state index is 0.0452. The van der Waals surface area contributed by atoms with Crippen molar-refractivity contribution in [3.05, 3.63) is 64.5 Å². The number of hydrogen-bond acceptors (Lipinski definition) is 5. The Morgan fingerprint density at radius 2 is 1.76 bits per heavy atom. The molecule has 0 saturated carbocycles. The van der Waals surface area contributed by atoms with Crippen LogP contribution in [0.25, 0.3) is 11.5 Å². The predicted molar refractivity (Wildman–Crippen MR) is 112 cm³/mol. The van der Waals surface area contributed by atoms with Crippen LogP contribution in [-0.4, -0.2) is 33.7 Å². The number of nitrogens with zero attached hydrogens (tertiary/aromatic N) is 3. The third-order valence-corrected chi connectivity index (χ3v) is 4.62. The van der Waals surface area contributed by atoms with Gasteiger partial charge in [0.2, 0.25) is 11.8 Å².